The number of amides is 1. The summed E-state index contributed by atoms with van der Waals surface area (Å²) in [5.74, 6) is -0.842. The summed E-state index contributed by atoms with van der Waals surface area (Å²) in [6.45, 7) is 12.1. The number of aromatic carboxylic acids is 1. The molecule has 0 aromatic carbocycles. The normalized spacial score (nSPS) is 13.0. The van der Waals surface area contributed by atoms with Gasteiger partial charge in [0.15, 0.2) is 0 Å². The van der Waals surface area contributed by atoms with Gasteiger partial charge in [-0.2, -0.15) is 0 Å². The van der Waals surface area contributed by atoms with Gasteiger partial charge in [-0.3, -0.25) is 4.79 Å². The molecule has 1 rings (SSSR count). The molecule has 1 unspecified atom stereocenters. The highest BCUT2D eigenvalue weighted by Crippen LogP contribution is 2.33. The van der Waals surface area contributed by atoms with Crippen molar-refractivity contribution in [2.24, 2.45) is 11.3 Å². The molecule has 1 aromatic rings. The Morgan fingerprint density at radius 1 is 1.29 bits per heavy atom. The molecule has 0 aliphatic carbocycles. The Kier molecular flexibility index (Phi) is 5.56. The fourth-order valence-corrected chi connectivity index (χ4v) is 3.65. The average Bonchev–Trinajstić information content (AvgIpc) is 2.50. The van der Waals surface area contributed by atoms with Gasteiger partial charge >= 0.3 is 5.97 Å². The van der Waals surface area contributed by atoms with Gasteiger partial charge in [-0.1, -0.05) is 27.7 Å². The Labute approximate surface area is 130 Å². The predicted molar refractivity (Wildman–Crippen MR) is 87.2 cm³/mol. The van der Waals surface area contributed by atoms with Crippen molar-refractivity contribution in [3.05, 3.63) is 16.0 Å². The van der Waals surface area contributed by atoms with Crippen molar-refractivity contribution in [3.8, 4) is 0 Å². The smallest absolute Gasteiger partial charge is 0.338 e. The number of aryl methyl sites for hydroxylation is 1. The Morgan fingerprint density at radius 3 is 2.33 bits per heavy atom. The number of carboxylic acid groups (broad SMARTS) is 1. The van der Waals surface area contributed by atoms with Gasteiger partial charge in [0.05, 0.1) is 5.56 Å². The average molecular weight is 311 g/mol. The second-order valence-corrected chi connectivity index (χ2v) is 8.14. The maximum absolute atomic E-state index is 12.1. The minimum absolute atomic E-state index is 0.115. The van der Waals surface area contributed by atoms with Crippen molar-refractivity contribution in [3.63, 3.8) is 0 Å². The van der Waals surface area contributed by atoms with E-state index >= 15 is 0 Å². The molecule has 118 valence electrons. The first-order chi connectivity index (χ1) is 9.51. The van der Waals surface area contributed by atoms with Crippen molar-refractivity contribution < 1.29 is 14.7 Å². The highest BCUT2D eigenvalue weighted by atomic mass is 32.1. The number of rotatable bonds is 5. The molecule has 2 N–H and O–H groups in total. The van der Waals surface area contributed by atoms with Gasteiger partial charge in [0.1, 0.15) is 5.00 Å². The number of hydrogen-bond acceptors (Lipinski definition) is 3. The van der Waals surface area contributed by atoms with E-state index < -0.39 is 5.97 Å². The lowest BCUT2D eigenvalue weighted by atomic mass is 9.84. The van der Waals surface area contributed by atoms with E-state index in [4.69, 9.17) is 0 Å². The Hall–Kier alpha value is -1.36. The molecule has 1 aromatic heterocycles. The molecule has 0 saturated heterocycles. The van der Waals surface area contributed by atoms with Crippen molar-refractivity contribution in [2.45, 2.75) is 54.4 Å². The van der Waals surface area contributed by atoms with Gasteiger partial charge in [0.25, 0.3) is 0 Å². The van der Waals surface area contributed by atoms with Gasteiger partial charge in [0, 0.05) is 11.3 Å². The Balaban J connectivity index is 2.76. The van der Waals surface area contributed by atoms with E-state index in [1.54, 1.807) is 6.92 Å². The summed E-state index contributed by atoms with van der Waals surface area (Å²) < 4.78 is 0. The van der Waals surface area contributed by atoms with Crippen LogP contribution in [0.3, 0.4) is 0 Å². The molecule has 1 atom stereocenters. The largest absolute Gasteiger partial charge is 0.478 e. The molecule has 0 fully saturated rings. The van der Waals surface area contributed by atoms with E-state index in [9.17, 15) is 14.7 Å². The van der Waals surface area contributed by atoms with E-state index in [0.29, 0.717) is 11.4 Å². The van der Waals surface area contributed by atoms with Crippen molar-refractivity contribution in [2.75, 3.05) is 5.32 Å². The maximum Gasteiger partial charge on any atom is 0.338 e. The molecule has 0 saturated carbocycles. The molecule has 0 spiro atoms. The van der Waals surface area contributed by atoms with Crippen LogP contribution in [0.4, 0.5) is 5.00 Å². The Morgan fingerprint density at radius 2 is 1.86 bits per heavy atom. The number of hydrogen-bond donors (Lipinski definition) is 2. The standard InChI is InChI=1S/C16H25NO3S/c1-9(8-16(4,5)6)7-12(18)17-14-13(15(19)20)10(2)11(3)21-14/h9H,7-8H2,1-6H3,(H,17,18)(H,19,20). The zero-order chi connectivity index (χ0) is 16.4. The molecule has 0 radical (unpaired) electrons. The zero-order valence-electron chi connectivity index (χ0n) is 13.7. The topological polar surface area (TPSA) is 66.4 Å². The minimum atomic E-state index is -0.991. The van der Waals surface area contributed by atoms with Crippen molar-refractivity contribution in [1.82, 2.24) is 0 Å². The molecular weight excluding hydrogens is 286 g/mol. The van der Waals surface area contributed by atoms with Crippen LogP contribution in [0.5, 0.6) is 0 Å². The number of carbonyl (C=O) groups is 2. The van der Waals surface area contributed by atoms with E-state index in [1.165, 1.54) is 11.3 Å². The Bertz CT molecular complexity index is 540. The molecule has 1 heterocycles. The summed E-state index contributed by atoms with van der Waals surface area (Å²) in [5.41, 5.74) is 1.13. The molecule has 1 amide bonds. The molecule has 0 aliphatic heterocycles. The predicted octanol–water partition coefficient (Wildman–Crippen LogP) is 4.46. The summed E-state index contributed by atoms with van der Waals surface area (Å²) >= 11 is 1.33. The quantitative estimate of drug-likeness (QED) is 0.843. The van der Waals surface area contributed by atoms with E-state index in [0.717, 1.165) is 16.9 Å². The van der Waals surface area contributed by atoms with Crippen LogP contribution in [-0.2, 0) is 4.79 Å². The van der Waals surface area contributed by atoms with Crippen LogP contribution in [0, 0.1) is 25.2 Å². The molecule has 4 nitrogen and oxygen atoms in total. The highest BCUT2D eigenvalue weighted by Gasteiger charge is 2.22. The fraction of sp³-hybridized carbons (Fsp3) is 0.625. The number of carbonyl (C=O) groups excluding carboxylic acids is 1. The highest BCUT2D eigenvalue weighted by molar-refractivity contribution is 7.16. The molecule has 5 heteroatoms. The third-order valence-corrected chi connectivity index (χ3v) is 4.47. The first kappa shape index (κ1) is 17.7. The van der Waals surface area contributed by atoms with Crippen molar-refractivity contribution in [1.29, 1.82) is 0 Å². The summed E-state index contributed by atoms with van der Waals surface area (Å²) in [4.78, 5) is 24.3. The van der Waals surface area contributed by atoms with Gasteiger partial charge in [-0.05, 0) is 37.2 Å². The fourth-order valence-electron chi connectivity index (χ4n) is 2.58. The first-order valence-corrected chi connectivity index (χ1v) is 7.96. The van der Waals surface area contributed by atoms with Crippen molar-refractivity contribution >= 4 is 28.2 Å². The van der Waals surface area contributed by atoms with Gasteiger partial charge in [-0.15, -0.1) is 11.3 Å². The molecule has 0 bridgehead atoms. The number of thiophene rings is 1. The lowest BCUT2D eigenvalue weighted by molar-refractivity contribution is -0.117. The van der Waals surface area contributed by atoms with Crippen LogP contribution in [0.1, 0.15) is 61.3 Å². The summed E-state index contributed by atoms with van der Waals surface area (Å²) in [6.07, 6.45) is 1.36. The summed E-state index contributed by atoms with van der Waals surface area (Å²) in [6, 6.07) is 0. The minimum Gasteiger partial charge on any atom is -0.478 e. The molecule has 21 heavy (non-hydrogen) atoms. The second kappa shape index (κ2) is 6.60. The second-order valence-electron chi connectivity index (χ2n) is 6.91. The van der Waals surface area contributed by atoms with E-state index in [-0.39, 0.29) is 22.8 Å². The number of nitrogens with one attached hydrogen (secondary N) is 1. The van der Waals surface area contributed by atoms with Crippen LogP contribution in [0.15, 0.2) is 0 Å². The van der Waals surface area contributed by atoms with Crippen LogP contribution in [-0.4, -0.2) is 17.0 Å². The zero-order valence-corrected chi connectivity index (χ0v) is 14.5. The molecular formula is C16H25NO3S. The lowest BCUT2D eigenvalue weighted by Crippen LogP contribution is -2.19. The third-order valence-electron chi connectivity index (χ3n) is 3.35. The molecule has 0 aliphatic rings. The summed E-state index contributed by atoms with van der Waals surface area (Å²) in [7, 11) is 0. The van der Waals surface area contributed by atoms with E-state index in [1.807, 2.05) is 13.8 Å². The third kappa shape index (κ3) is 5.16. The lowest BCUT2D eigenvalue weighted by Gasteiger charge is -2.22. The number of anilines is 1. The van der Waals surface area contributed by atoms with Gasteiger partial charge in [0.2, 0.25) is 5.91 Å². The van der Waals surface area contributed by atoms with Crippen LogP contribution in [0.25, 0.3) is 0 Å². The van der Waals surface area contributed by atoms with Crippen LogP contribution >= 0.6 is 11.3 Å². The van der Waals surface area contributed by atoms with Crippen LogP contribution in [0.2, 0.25) is 0 Å². The van der Waals surface area contributed by atoms with Gasteiger partial charge < -0.3 is 10.4 Å². The first-order valence-electron chi connectivity index (χ1n) is 7.14. The van der Waals surface area contributed by atoms with Crippen LogP contribution < -0.4 is 5.32 Å². The van der Waals surface area contributed by atoms with E-state index in [2.05, 4.69) is 26.1 Å². The maximum atomic E-state index is 12.1. The SMILES string of the molecule is Cc1sc(NC(=O)CC(C)CC(C)(C)C)c(C(=O)O)c1C. The number of carboxylic acids is 1. The monoisotopic (exact) mass is 311 g/mol. The van der Waals surface area contributed by atoms with Gasteiger partial charge in [-0.25, -0.2) is 4.79 Å². The summed E-state index contributed by atoms with van der Waals surface area (Å²) in [5, 5.41) is 12.5.